The molecule has 0 N–H and O–H groups in total. The molecule has 10 aromatic carbocycles. The van der Waals surface area contributed by atoms with Gasteiger partial charge in [-0.3, -0.25) is 0 Å². The largest absolute Gasteiger partial charge is 0.551 e. The van der Waals surface area contributed by atoms with Crippen molar-refractivity contribution in [1.82, 2.24) is 13.7 Å². The molecule has 0 fully saturated rings. The summed E-state index contributed by atoms with van der Waals surface area (Å²) >= 11 is 0. The molecule has 0 atom stereocenters. The summed E-state index contributed by atoms with van der Waals surface area (Å²) in [6.45, 7) is -0.333. The molecule has 0 amide bonds. The van der Waals surface area contributed by atoms with Gasteiger partial charge < -0.3 is 23.1 Å². The molecule has 0 bridgehead atoms. The zero-order chi connectivity index (χ0) is 43.0. The summed E-state index contributed by atoms with van der Waals surface area (Å²) in [6.07, 6.45) is 0. The van der Waals surface area contributed by atoms with E-state index in [9.17, 15) is 0 Å². The molecule has 13 aromatic rings. The molecule has 2 aliphatic rings. The Kier molecular flexibility index (Phi) is 7.24. The SMILES string of the molecule is c1ccc2c(c1)OB1c3ccc(-c4ccc(-n5c6ccccc6c6ccccc65)cc4)cc3Oc3cc(-n4c5ccccc5c5cccc(-n6c7ccccc7c7ccccc76)c54)cc-2c31. The number of para-hydroxylation sites is 7. The third kappa shape index (κ3) is 4.90. The Morgan fingerprint density at radius 3 is 1.52 bits per heavy atom. The van der Waals surface area contributed by atoms with E-state index in [1.807, 2.05) is 0 Å². The minimum atomic E-state index is -0.333. The summed E-state index contributed by atoms with van der Waals surface area (Å²) in [6, 6.07) is 78.7. The van der Waals surface area contributed by atoms with Crippen LogP contribution in [0.25, 0.3) is 105 Å². The number of nitrogens with zero attached hydrogens (tertiary/aromatic N) is 3. The summed E-state index contributed by atoms with van der Waals surface area (Å²) in [5.74, 6) is 2.46. The van der Waals surface area contributed by atoms with Gasteiger partial charge in [-0.1, -0.05) is 146 Å². The van der Waals surface area contributed by atoms with E-state index in [4.69, 9.17) is 9.39 Å². The third-order valence-electron chi connectivity index (χ3n) is 14.1. The molecule has 0 aliphatic carbocycles. The van der Waals surface area contributed by atoms with Crippen LogP contribution in [0, 0.1) is 0 Å². The van der Waals surface area contributed by atoms with Crippen molar-refractivity contribution in [3.63, 3.8) is 0 Å². The van der Waals surface area contributed by atoms with Gasteiger partial charge in [0.2, 0.25) is 0 Å². The van der Waals surface area contributed by atoms with E-state index >= 15 is 0 Å². The second kappa shape index (κ2) is 13.4. The maximum absolute atomic E-state index is 7.16. The van der Waals surface area contributed by atoms with E-state index in [0.717, 1.165) is 78.5 Å². The summed E-state index contributed by atoms with van der Waals surface area (Å²) in [5.41, 5.74) is 16.7. The lowest BCUT2D eigenvalue weighted by Crippen LogP contribution is -2.53. The lowest BCUT2D eigenvalue weighted by Gasteiger charge is -2.33. The average molecular weight is 842 g/mol. The average Bonchev–Trinajstić information content (AvgIpc) is 4.02. The van der Waals surface area contributed by atoms with E-state index in [1.165, 1.54) is 54.4 Å². The smallest absolute Gasteiger partial charge is 0.434 e. The van der Waals surface area contributed by atoms with E-state index < -0.39 is 0 Å². The van der Waals surface area contributed by atoms with Crippen LogP contribution in [0.4, 0.5) is 0 Å². The van der Waals surface area contributed by atoms with Gasteiger partial charge >= 0.3 is 6.92 Å². The summed E-state index contributed by atoms with van der Waals surface area (Å²) in [7, 11) is 0. The van der Waals surface area contributed by atoms with Crippen LogP contribution in [-0.2, 0) is 0 Å². The van der Waals surface area contributed by atoms with E-state index in [0.29, 0.717) is 0 Å². The van der Waals surface area contributed by atoms with Crippen LogP contribution >= 0.6 is 0 Å². The minimum absolute atomic E-state index is 0.333. The Labute approximate surface area is 379 Å². The normalized spacial score (nSPS) is 12.8. The van der Waals surface area contributed by atoms with Crippen LogP contribution in [0.15, 0.2) is 218 Å². The van der Waals surface area contributed by atoms with Crippen LogP contribution in [0.5, 0.6) is 17.2 Å². The molecule has 3 aromatic heterocycles. The van der Waals surface area contributed by atoms with Crippen LogP contribution in [-0.4, -0.2) is 20.6 Å². The molecular formula is C60H36BN3O2. The fourth-order valence-electron chi connectivity index (χ4n) is 11.3. The zero-order valence-corrected chi connectivity index (χ0v) is 35.5. The second-order valence-electron chi connectivity index (χ2n) is 17.6. The number of ether oxygens (including phenoxy) is 1. The molecule has 0 spiro atoms. The number of hydrogen-bond donors (Lipinski definition) is 0. The molecular weight excluding hydrogens is 805 g/mol. The van der Waals surface area contributed by atoms with Crippen molar-refractivity contribution in [3.05, 3.63) is 218 Å². The molecule has 0 saturated carbocycles. The first kappa shape index (κ1) is 35.7. The molecule has 66 heavy (non-hydrogen) atoms. The zero-order valence-electron chi connectivity index (χ0n) is 35.5. The molecule has 15 rings (SSSR count). The number of fused-ring (bicyclic) bond motifs is 13. The molecule has 5 heterocycles. The second-order valence-corrected chi connectivity index (χ2v) is 17.6. The Bertz CT molecular complexity index is 4090. The highest BCUT2D eigenvalue weighted by molar-refractivity contribution is 6.84. The molecule has 5 nitrogen and oxygen atoms in total. The minimum Gasteiger partial charge on any atom is -0.551 e. The van der Waals surface area contributed by atoms with Gasteiger partial charge in [0, 0.05) is 60.6 Å². The quantitative estimate of drug-likeness (QED) is 0.165. The molecule has 2 aliphatic heterocycles. The van der Waals surface area contributed by atoms with E-state index in [2.05, 4.69) is 232 Å². The summed E-state index contributed by atoms with van der Waals surface area (Å²) < 4.78 is 21.4. The third-order valence-corrected chi connectivity index (χ3v) is 14.1. The Morgan fingerprint density at radius 2 is 0.864 bits per heavy atom. The predicted molar refractivity (Wildman–Crippen MR) is 272 cm³/mol. The van der Waals surface area contributed by atoms with Gasteiger partial charge in [-0.2, -0.15) is 0 Å². The highest BCUT2D eigenvalue weighted by atomic mass is 16.5. The highest BCUT2D eigenvalue weighted by Gasteiger charge is 2.41. The fraction of sp³-hybridized carbons (Fsp3) is 0. The number of benzene rings is 10. The first-order chi connectivity index (χ1) is 32.7. The molecule has 0 radical (unpaired) electrons. The predicted octanol–water partition coefficient (Wildman–Crippen LogP) is 13.9. The van der Waals surface area contributed by atoms with Gasteiger partial charge in [-0.25, -0.2) is 0 Å². The lowest BCUT2D eigenvalue weighted by atomic mass is 9.50. The van der Waals surface area contributed by atoms with Crippen molar-refractivity contribution in [3.8, 4) is 56.6 Å². The van der Waals surface area contributed by atoms with Gasteiger partial charge in [-0.15, -0.1) is 0 Å². The first-order valence-corrected chi connectivity index (χ1v) is 22.6. The molecule has 6 heteroatoms. The summed E-state index contributed by atoms with van der Waals surface area (Å²) in [5, 5.41) is 7.37. The van der Waals surface area contributed by atoms with E-state index in [1.54, 1.807) is 0 Å². The van der Waals surface area contributed by atoms with Crippen LogP contribution < -0.4 is 20.3 Å². The van der Waals surface area contributed by atoms with Crippen LogP contribution in [0.1, 0.15) is 0 Å². The molecule has 0 unspecified atom stereocenters. The standard InChI is InChI=1S/C60H36BN3O2/c1-7-21-50-41(14-1)42-15-2-8-22-51(42)62(50)39-31-28-37(29-32-39)38-30-33-49-57(34-38)65-58-36-40(35-48-46-19-6-12-27-56(46)66-61(49)59(48)58)63-52-23-9-5-18-45(52)47-20-13-26-55(60(47)63)64-53-24-10-3-16-43(53)44-17-4-11-25-54(44)64/h1-36H. The maximum atomic E-state index is 7.16. The topological polar surface area (TPSA) is 33.2 Å². The van der Waals surface area contributed by atoms with Crippen molar-refractivity contribution >= 4 is 83.3 Å². The van der Waals surface area contributed by atoms with E-state index in [-0.39, 0.29) is 6.92 Å². The Balaban J connectivity index is 0.910. The van der Waals surface area contributed by atoms with Crippen molar-refractivity contribution in [2.45, 2.75) is 0 Å². The molecule has 0 saturated heterocycles. The van der Waals surface area contributed by atoms with Crippen molar-refractivity contribution < 1.29 is 9.39 Å². The number of rotatable bonds is 4. The van der Waals surface area contributed by atoms with Crippen LogP contribution in [0.3, 0.4) is 0 Å². The Hall–Kier alpha value is -8.74. The van der Waals surface area contributed by atoms with Gasteiger partial charge in [0.25, 0.3) is 0 Å². The number of hydrogen-bond acceptors (Lipinski definition) is 2. The van der Waals surface area contributed by atoms with Crippen molar-refractivity contribution in [2.24, 2.45) is 0 Å². The molecule has 306 valence electrons. The van der Waals surface area contributed by atoms with Crippen molar-refractivity contribution in [2.75, 3.05) is 0 Å². The number of aromatic nitrogens is 3. The monoisotopic (exact) mass is 841 g/mol. The van der Waals surface area contributed by atoms with Gasteiger partial charge in [0.15, 0.2) is 0 Å². The lowest BCUT2D eigenvalue weighted by molar-refractivity contribution is 0.479. The van der Waals surface area contributed by atoms with Crippen LogP contribution in [0.2, 0.25) is 0 Å². The highest BCUT2D eigenvalue weighted by Crippen LogP contribution is 2.45. The van der Waals surface area contributed by atoms with Gasteiger partial charge in [0.1, 0.15) is 17.2 Å². The summed E-state index contributed by atoms with van der Waals surface area (Å²) in [4.78, 5) is 0. The Morgan fingerprint density at radius 1 is 0.333 bits per heavy atom. The van der Waals surface area contributed by atoms with Gasteiger partial charge in [-0.05, 0) is 83.4 Å². The first-order valence-electron chi connectivity index (χ1n) is 22.6. The van der Waals surface area contributed by atoms with Gasteiger partial charge in [0.05, 0.1) is 44.5 Å². The maximum Gasteiger partial charge on any atom is 0.434 e. The fourth-order valence-corrected chi connectivity index (χ4v) is 11.3. The van der Waals surface area contributed by atoms with Crippen molar-refractivity contribution in [1.29, 1.82) is 0 Å².